The number of hydrogen-bond acceptors (Lipinski definition) is 0. The van der Waals surface area contributed by atoms with Crippen LogP contribution in [0.4, 0.5) is 0 Å². The summed E-state index contributed by atoms with van der Waals surface area (Å²) in [7, 11) is 0. The first-order valence-electron chi connectivity index (χ1n) is 13.7. The Kier molecular flexibility index (Phi) is 10.6. The van der Waals surface area contributed by atoms with Crippen molar-refractivity contribution in [2.24, 2.45) is 5.92 Å². The fourth-order valence-electron chi connectivity index (χ4n) is 5.48. The third-order valence-corrected chi connectivity index (χ3v) is 7.50. The number of hydrogen-bond donors (Lipinski definition) is 0. The van der Waals surface area contributed by atoms with E-state index in [4.69, 9.17) is 0 Å². The molecular formula is C32H46. The second-order valence-corrected chi connectivity index (χ2v) is 10.1. The summed E-state index contributed by atoms with van der Waals surface area (Å²) < 4.78 is 0. The van der Waals surface area contributed by atoms with Gasteiger partial charge in [-0.15, -0.1) is 0 Å². The molecule has 0 nitrogen and oxygen atoms in total. The van der Waals surface area contributed by atoms with Crippen LogP contribution < -0.4 is 0 Å². The Bertz CT molecular complexity index is 922. The third-order valence-electron chi connectivity index (χ3n) is 7.50. The van der Waals surface area contributed by atoms with Gasteiger partial charge in [0, 0.05) is 0 Å². The van der Waals surface area contributed by atoms with E-state index in [1.54, 1.807) is 5.56 Å². The Morgan fingerprint density at radius 2 is 1.12 bits per heavy atom. The van der Waals surface area contributed by atoms with E-state index < -0.39 is 0 Å². The first-order valence-corrected chi connectivity index (χ1v) is 13.7. The molecule has 0 heterocycles. The standard InChI is InChI=1S/C32H46/c1-4-6-8-10-11-12-14-22-30(26(3)18-13-9-7-5-2)31-23-17-21-29-24-27-19-15-16-20-28(27)25-32(29)31/h15-17,19-21,23-26,30H,4-14,18,22H2,1-3H3. The molecule has 0 radical (unpaired) electrons. The molecule has 32 heavy (non-hydrogen) atoms. The predicted molar refractivity (Wildman–Crippen MR) is 145 cm³/mol. The molecule has 2 atom stereocenters. The molecule has 174 valence electrons. The molecule has 0 aliphatic carbocycles. The summed E-state index contributed by atoms with van der Waals surface area (Å²) in [5, 5.41) is 5.62. The van der Waals surface area contributed by atoms with Crippen molar-refractivity contribution in [3.05, 3.63) is 60.2 Å². The van der Waals surface area contributed by atoms with Gasteiger partial charge >= 0.3 is 0 Å². The van der Waals surface area contributed by atoms with Gasteiger partial charge in [-0.25, -0.2) is 0 Å². The number of fused-ring (bicyclic) bond motifs is 2. The van der Waals surface area contributed by atoms with Crippen molar-refractivity contribution in [2.45, 2.75) is 110 Å². The molecule has 0 saturated heterocycles. The van der Waals surface area contributed by atoms with E-state index in [0.717, 1.165) is 5.92 Å². The third kappa shape index (κ3) is 7.09. The van der Waals surface area contributed by atoms with Crippen molar-refractivity contribution in [1.29, 1.82) is 0 Å². The van der Waals surface area contributed by atoms with Crippen molar-refractivity contribution < 1.29 is 0 Å². The molecule has 0 heteroatoms. The maximum Gasteiger partial charge on any atom is -0.0130 e. The summed E-state index contributed by atoms with van der Waals surface area (Å²) in [5.41, 5.74) is 1.60. The van der Waals surface area contributed by atoms with Gasteiger partial charge in [0.1, 0.15) is 0 Å². The fraction of sp³-hybridized carbons (Fsp3) is 0.562. The molecule has 0 N–H and O–H groups in total. The van der Waals surface area contributed by atoms with Gasteiger partial charge in [-0.1, -0.05) is 140 Å². The largest absolute Gasteiger partial charge is 0.0654 e. The highest BCUT2D eigenvalue weighted by Gasteiger charge is 2.21. The van der Waals surface area contributed by atoms with E-state index in [2.05, 4.69) is 75.4 Å². The fourth-order valence-corrected chi connectivity index (χ4v) is 5.48. The summed E-state index contributed by atoms with van der Waals surface area (Å²) in [5.74, 6) is 1.43. The van der Waals surface area contributed by atoms with Crippen LogP contribution in [0.3, 0.4) is 0 Å². The lowest BCUT2D eigenvalue weighted by atomic mass is 9.78. The smallest absolute Gasteiger partial charge is 0.0130 e. The van der Waals surface area contributed by atoms with Crippen LogP contribution in [0, 0.1) is 5.92 Å². The lowest BCUT2D eigenvalue weighted by Crippen LogP contribution is -2.11. The van der Waals surface area contributed by atoms with E-state index in [1.807, 2.05) is 0 Å². The van der Waals surface area contributed by atoms with Gasteiger partial charge in [-0.2, -0.15) is 0 Å². The maximum atomic E-state index is 2.53. The molecule has 2 unspecified atom stereocenters. The molecule has 3 rings (SSSR count). The van der Waals surface area contributed by atoms with Gasteiger partial charge in [0.05, 0.1) is 0 Å². The van der Waals surface area contributed by atoms with Gasteiger partial charge in [-0.05, 0) is 57.5 Å². The monoisotopic (exact) mass is 430 g/mol. The summed E-state index contributed by atoms with van der Waals surface area (Å²) in [6.45, 7) is 7.14. The Hall–Kier alpha value is -1.82. The Morgan fingerprint density at radius 3 is 1.84 bits per heavy atom. The van der Waals surface area contributed by atoms with Crippen LogP contribution >= 0.6 is 0 Å². The Morgan fingerprint density at radius 1 is 0.562 bits per heavy atom. The van der Waals surface area contributed by atoms with Crippen LogP contribution in [-0.4, -0.2) is 0 Å². The van der Waals surface area contributed by atoms with Crippen molar-refractivity contribution in [1.82, 2.24) is 0 Å². The van der Waals surface area contributed by atoms with Gasteiger partial charge < -0.3 is 0 Å². The van der Waals surface area contributed by atoms with Gasteiger partial charge in [-0.3, -0.25) is 0 Å². The lowest BCUT2D eigenvalue weighted by Gasteiger charge is -2.26. The van der Waals surface area contributed by atoms with E-state index in [0.29, 0.717) is 5.92 Å². The molecule has 0 aliphatic rings. The zero-order valence-electron chi connectivity index (χ0n) is 21.0. The topological polar surface area (TPSA) is 0 Å². The molecule has 0 saturated carbocycles. The summed E-state index contributed by atoms with van der Waals surface area (Å²) in [6.07, 6.45) is 18.0. The van der Waals surface area contributed by atoms with Crippen LogP contribution in [0.2, 0.25) is 0 Å². The zero-order chi connectivity index (χ0) is 22.6. The van der Waals surface area contributed by atoms with Crippen LogP contribution in [0.5, 0.6) is 0 Å². The average Bonchev–Trinajstić information content (AvgIpc) is 2.82. The average molecular weight is 431 g/mol. The summed E-state index contributed by atoms with van der Waals surface area (Å²) >= 11 is 0. The SMILES string of the molecule is CCCCCCCCCC(c1cccc2cc3ccccc3cc12)C(C)CCCCCC. The predicted octanol–water partition coefficient (Wildman–Crippen LogP) is 10.8. The van der Waals surface area contributed by atoms with Crippen LogP contribution in [0.1, 0.15) is 116 Å². The summed E-state index contributed by atoms with van der Waals surface area (Å²) in [4.78, 5) is 0. The molecule has 3 aromatic rings. The highest BCUT2D eigenvalue weighted by molar-refractivity contribution is 5.99. The first kappa shape index (κ1) is 24.8. The quantitative estimate of drug-likeness (QED) is 0.166. The Balaban J connectivity index is 1.78. The number of rotatable bonds is 15. The lowest BCUT2D eigenvalue weighted by molar-refractivity contribution is 0.380. The highest BCUT2D eigenvalue weighted by Crippen LogP contribution is 2.38. The van der Waals surface area contributed by atoms with Crippen molar-refractivity contribution in [3.63, 3.8) is 0 Å². The molecule has 0 amide bonds. The second-order valence-electron chi connectivity index (χ2n) is 10.1. The first-order chi connectivity index (χ1) is 15.7. The number of benzene rings is 3. The van der Waals surface area contributed by atoms with E-state index in [9.17, 15) is 0 Å². The second kappa shape index (κ2) is 13.7. The molecule has 3 aromatic carbocycles. The highest BCUT2D eigenvalue weighted by atomic mass is 14.3. The van der Waals surface area contributed by atoms with Gasteiger partial charge in [0.2, 0.25) is 0 Å². The minimum Gasteiger partial charge on any atom is -0.0654 e. The molecule has 0 aromatic heterocycles. The summed E-state index contributed by atoms with van der Waals surface area (Å²) in [6, 6.07) is 20.7. The van der Waals surface area contributed by atoms with Crippen LogP contribution in [0.25, 0.3) is 21.5 Å². The van der Waals surface area contributed by atoms with Crippen LogP contribution in [0.15, 0.2) is 54.6 Å². The van der Waals surface area contributed by atoms with Gasteiger partial charge in [0.15, 0.2) is 0 Å². The van der Waals surface area contributed by atoms with Crippen molar-refractivity contribution in [3.8, 4) is 0 Å². The molecule has 0 fully saturated rings. The normalized spacial score (nSPS) is 13.6. The number of unbranched alkanes of at least 4 members (excludes halogenated alkanes) is 9. The van der Waals surface area contributed by atoms with E-state index >= 15 is 0 Å². The Labute approximate surface area is 197 Å². The van der Waals surface area contributed by atoms with E-state index in [-0.39, 0.29) is 0 Å². The van der Waals surface area contributed by atoms with Crippen molar-refractivity contribution in [2.75, 3.05) is 0 Å². The van der Waals surface area contributed by atoms with Crippen molar-refractivity contribution >= 4 is 21.5 Å². The van der Waals surface area contributed by atoms with E-state index in [1.165, 1.54) is 105 Å². The maximum absolute atomic E-state index is 2.53. The molecule has 0 aliphatic heterocycles. The van der Waals surface area contributed by atoms with Crippen LogP contribution in [-0.2, 0) is 0 Å². The minimum atomic E-state index is 0.678. The zero-order valence-corrected chi connectivity index (χ0v) is 21.0. The molecular weight excluding hydrogens is 384 g/mol. The van der Waals surface area contributed by atoms with Gasteiger partial charge in [0.25, 0.3) is 0 Å². The minimum absolute atomic E-state index is 0.678. The molecule has 0 bridgehead atoms. The molecule has 0 spiro atoms.